The number of alkyl halides is 2. The molecule has 204 valence electrons. The summed E-state index contributed by atoms with van der Waals surface area (Å²) < 4.78 is 37.1. The first-order valence-electron chi connectivity index (χ1n) is 12.7. The molecular formula is C29H25F2N5O4. The summed E-state index contributed by atoms with van der Waals surface area (Å²) >= 11 is 0. The molecule has 0 radical (unpaired) electrons. The lowest BCUT2D eigenvalue weighted by Crippen LogP contribution is -2.38. The van der Waals surface area contributed by atoms with Gasteiger partial charge in [0.2, 0.25) is 5.91 Å². The molecule has 1 aliphatic rings. The molecule has 4 aromatic rings. The maximum Gasteiger partial charge on any atom is 0.586 e. The number of anilines is 2. The fourth-order valence-corrected chi connectivity index (χ4v) is 4.74. The van der Waals surface area contributed by atoms with Crippen molar-refractivity contribution in [3.8, 4) is 17.6 Å². The van der Waals surface area contributed by atoms with Gasteiger partial charge in [0.15, 0.2) is 11.5 Å². The van der Waals surface area contributed by atoms with Crippen LogP contribution in [0.15, 0.2) is 71.5 Å². The van der Waals surface area contributed by atoms with E-state index in [1.54, 1.807) is 37.3 Å². The Morgan fingerprint density at radius 2 is 1.70 bits per heavy atom. The predicted octanol–water partition coefficient (Wildman–Crippen LogP) is 4.67. The molecule has 1 aromatic heterocycles. The predicted molar refractivity (Wildman–Crippen MR) is 145 cm³/mol. The Morgan fingerprint density at radius 1 is 1.00 bits per heavy atom. The van der Waals surface area contributed by atoms with Gasteiger partial charge in [0.1, 0.15) is 12.6 Å². The largest absolute Gasteiger partial charge is 0.586 e. The highest BCUT2D eigenvalue weighted by Gasteiger charge is 2.43. The first-order chi connectivity index (χ1) is 19.2. The van der Waals surface area contributed by atoms with Gasteiger partial charge in [-0.05, 0) is 44.2 Å². The summed E-state index contributed by atoms with van der Waals surface area (Å²) in [6.07, 6.45) is -3.78. The lowest BCUT2D eigenvalue weighted by atomic mass is 10.1. The van der Waals surface area contributed by atoms with Crippen molar-refractivity contribution in [3.05, 3.63) is 88.3 Å². The molecule has 1 aliphatic heterocycles. The summed E-state index contributed by atoms with van der Waals surface area (Å²) in [5.41, 5.74) is 1.68. The van der Waals surface area contributed by atoms with Crippen LogP contribution in [0.25, 0.3) is 10.8 Å². The average molecular weight is 546 g/mol. The standard InChI is InChI=1S/C29H25F2N5O4/c1-3-34(24-12-8-5-9-19(24)16-32)17-23-21-10-6-7-11-22(21)28(38)36(33-23)18-27(37)35(4-2)20-13-14-25-26(15-20)40-29(30,31)39-25/h5-15H,3-4,17-18H2,1-2H3. The normalized spacial score (nSPS) is 13.2. The van der Waals surface area contributed by atoms with E-state index in [1.807, 2.05) is 30.0 Å². The SMILES string of the molecule is CCN(Cc1nn(CC(=O)N(CC)c2ccc3c(c2)OC(F)(F)O3)c(=O)c2ccccc12)c1ccccc1C#N. The molecule has 0 N–H and O–H groups in total. The number of aromatic nitrogens is 2. The topological polar surface area (TPSA) is 101 Å². The number of benzene rings is 3. The fourth-order valence-electron chi connectivity index (χ4n) is 4.74. The van der Waals surface area contributed by atoms with E-state index in [4.69, 9.17) is 0 Å². The van der Waals surface area contributed by atoms with Gasteiger partial charge in [-0.3, -0.25) is 9.59 Å². The minimum atomic E-state index is -3.78. The van der Waals surface area contributed by atoms with Crippen molar-refractivity contribution < 1.29 is 23.0 Å². The Hall–Kier alpha value is -4.98. The van der Waals surface area contributed by atoms with Crippen LogP contribution in [-0.2, 0) is 17.9 Å². The Kier molecular flexibility index (Phi) is 7.09. The minimum Gasteiger partial charge on any atom is -0.395 e. The van der Waals surface area contributed by atoms with E-state index in [9.17, 15) is 23.6 Å². The highest BCUT2D eigenvalue weighted by Crippen LogP contribution is 2.42. The Labute approximate surface area is 228 Å². The van der Waals surface area contributed by atoms with E-state index >= 15 is 0 Å². The van der Waals surface area contributed by atoms with Crippen LogP contribution in [-0.4, -0.2) is 35.1 Å². The molecule has 5 rings (SSSR count). The zero-order chi connectivity index (χ0) is 28.4. The van der Waals surface area contributed by atoms with Crippen molar-refractivity contribution in [2.24, 2.45) is 0 Å². The molecular weight excluding hydrogens is 520 g/mol. The number of nitrogens with zero attached hydrogens (tertiary/aromatic N) is 5. The maximum atomic E-state index is 13.5. The molecule has 0 spiro atoms. The summed E-state index contributed by atoms with van der Waals surface area (Å²) in [6.45, 7) is 4.37. The molecule has 11 heteroatoms. The van der Waals surface area contributed by atoms with Crippen molar-refractivity contribution in [1.29, 1.82) is 5.26 Å². The van der Waals surface area contributed by atoms with E-state index in [-0.39, 0.29) is 31.1 Å². The first-order valence-corrected chi connectivity index (χ1v) is 12.7. The van der Waals surface area contributed by atoms with Gasteiger partial charge < -0.3 is 19.3 Å². The molecule has 0 saturated carbocycles. The number of amides is 1. The molecule has 0 atom stereocenters. The van der Waals surface area contributed by atoms with Gasteiger partial charge in [0.05, 0.1) is 28.9 Å². The number of fused-ring (bicyclic) bond motifs is 2. The van der Waals surface area contributed by atoms with Crippen molar-refractivity contribution in [1.82, 2.24) is 9.78 Å². The molecule has 0 saturated heterocycles. The molecule has 0 bridgehead atoms. The Morgan fingerprint density at radius 3 is 2.42 bits per heavy atom. The van der Waals surface area contributed by atoms with Gasteiger partial charge in [-0.2, -0.15) is 10.4 Å². The second-order valence-corrected chi connectivity index (χ2v) is 9.03. The highest BCUT2D eigenvalue weighted by atomic mass is 19.3. The monoisotopic (exact) mass is 545 g/mol. The third-order valence-electron chi connectivity index (χ3n) is 6.63. The number of para-hydroxylation sites is 1. The number of ether oxygens (including phenoxy) is 2. The van der Waals surface area contributed by atoms with Crippen LogP contribution in [0.3, 0.4) is 0 Å². The van der Waals surface area contributed by atoms with Gasteiger partial charge in [-0.15, -0.1) is 8.78 Å². The van der Waals surface area contributed by atoms with E-state index in [2.05, 4.69) is 20.6 Å². The molecule has 3 aromatic carbocycles. The number of rotatable bonds is 8. The van der Waals surface area contributed by atoms with E-state index < -0.39 is 17.8 Å². The fraction of sp³-hybridized carbons (Fsp3) is 0.241. The quantitative estimate of drug-likeness (QED) is 0.317. The summed E-state index contributed by atoms with van der Waals surface area (Å²) in [5.74, 6) is -0.784. The number of hydrogen-bond donors (Lipinski definition) is 0. The van der Waals surface area contributed by atoms with Gasteiger partial charge in [0.25, 0.3) is 5.56 Å². The van der Waals surface area contributed by atoms with Crippen molar-refractivity contribution in [2.45, 2.75) is 33.2 Å². The summed E-state index contributed by atoms with van der Waals surface area (Å²) in [5, 5.41) is 15.2. The van der Waals surface area contributed by atoms with Gasteiger partial charge in [-0.1, -0.05) is 30.3 Å². The third kappa shape index (κ3) is 5.03. The second-order valence-electron chi connectivity index (χ2n) is 9.03. The molecule has 0 aliphatic carbocycles. The average Bonchev–Trinajstić information content (AvgIpc) is 3.27. The van der Waals surface area contributed by atoms with Gasteiger partial charge in [-0.25, -0.2) is 4.68 Å². The molecule has 9 nitrogen and oxygen atoms in total. The number of carbonyl (C=O) groups is 1. The minimum absolute atomic E-state index is 0.132. The first kappa shape index (κ1) is 26.6. The third-order valence-corrected chi connectivity index (χ3v) is 6.63. The lowest BCUT2D eigenvalue weighted by Gasteiger charge is -2.25. The van der Waals surface area contributed by atoms with E-state index in [0.717, 1.165) is 10.4 Å². The number of likely N-dealkylation sites (N-methyl/N-ethyl adjacent to an activating group) is 1. The summed E-state index contributed by atoms with van der Waals surface area (Å²) in [6, 6.07) is 20.5. The van der Waals surface area contributed by atoms with Crippen LogP contribution < -0.4 is 24.8 Å². The van der Waals surface area contributed by atoms with Crippen molar-refractivity contribution in [2.75, 3.05) is 22.9 Å². The number of halogens is 2. The summed E-state index contributed by atoms with van der Waals surface area (Å²) in [4.78, 5) is 30.1. The highest BCUT2D eigenvalue weighted by molar-refractivity contribution is 5.94. The zero-order valence-electron chi connectivity index (χ0n) is 21.8. The number of hydrogen-bond acceptors (Lipinski definition) is 7. The molecule has 1 amide bonds. The smallest absolute Gasteiger partial charge is 0.395 e. The molecule has 40 heavy (non-hydrogen) atoms. The number of nitriles is 1. The Bertz CT molecular complexity index is 1700. The zero-order valence-corrected chi connectivity index (χ0v) is 21.8. The maximum absolute atomic E-state index is 13.5. The van der Waals surface area contributed by atoms with Crippen LogP contribution >= 0.6 is 0 Å². The van der Waals surface area contributed by atoms with Crippen molar-refractivity contribution in [3.63, 3.8) is 0 Å². The second kappa shape index (κ2) is 10.6. The van der Waals surface area contributed by atoms with Crippen LogP contribution in [0, 0.1) is 11.3 Å². The van der Waals surface area contributed by atoms with Crippen LogP contribution in [0.5, 0.6) is 11.5 Å². The lowest BCUT2D eigenvalue weighted by molar-refractivity contribution is -0.286. The van der Waals surface area contributed by atoms with Crippen LogP contribution in [0.4, 0.5) is 20.2 Å². The van der Waals surface area contributed by atoms with Gasteiger partial charge >= 0.3 is 6.29 Å². The number of carbonyl (C=O) groups excluding carboxylic acids is 1. The molecule has 2 heterocycles. The molecule has 0 fully saturated rings. The van der Waals surface area contributed by atoms with E-state index in [1.165, 1.54) is 23.1 Å². The summed E-state index contributed by atoms with van der Waals surface area (Å²) in [7, 11) is 0. The Balaban J connectivity index is 1.48. The van der Waals surface area contributed by atoms with Crippen LogP contribution in [0.1, 0.15) is 25.1 Å². The van der Waals surface area contributed by atoms with E-state index in [0.29, 0.717) is 34.3 Å². The van der Waals surface area contributed by atoms with Crippen molar-refractivity contribution >= 4 is 28.1 Å². The van der Waals surface area contributed by atoms with Crippen LogP contribution in [0.2, 0.25) is 0 Å². The molecule has 0 unspecified atom stereocenters. The van der Waals surface area contributed by atoms with Gasteiger partial charge in [0, 0.05) is 30.2 Å².